The van der Waals surface area contributed by atoms with Gasteiger partial charge in [0.15, 0.2) is 0 Å². The van der Waals surface area contributed by atoms with Crippen molar-refractivity contribution in [1.29, 1.82) is 0 Å². The predicted molar refractivity (Wildman–Crippen MR) is 148 cm³/mol. The predicted octanol–water partition coefficient (Wildman–Crippen LogP) is 7.67. The highest BCUT2D eigenvalue weighted by atomic mass is 35.5. The molecule has 36 heavy (non-hydrogen) atoms. The van der Waals surface area contributed by atoms with Gasteiger partial charge in [-0.1, -0.05) is 74.3 Å². The molecule has 0 saturated heterocycles. The fourth-order valence-corrected chi connectivity index (χ4v) is 4.13. The minimum absolute atomic E-state index is 0.307. The number of ether oxygens (including phenoxy) is 1. The summed E-state index contributed by atoms with van der Waals surface area (Å²) in [6.07, 6.45) is 3.70. The Hall–Kier alpha value is -3.70. The summed E-state index contributed by atoms with van der Waals surface area (Å²) in [6.45, 7) is 4.90. The lowest BCUT2D eigenvalue weighted by Crippen LogP contribution is -2.21. The van der Waals surface area contributed by atoms with E-state index in [0.29, 0.717) is 33.8 Å². The van der Waals surface area contributed by atoms with Crippen molar-refractivity contribution in [1.82, 2.24) is 10.4 Å². The third-order valence-electron chi connectivity index (χ3n) is 5.82. The van der Waals surface area contributed by atoms with Crippen LogP contribution in [0.5, 0.6) is 5.75 Å². The zero-order chi connectivity index (χ0) is 25.3. The van der Waals surface area contributed by atoms with Gasteiger partial charge in [-0.2, -0.15) is 5.10 Å². The fraction of sp³-hybridized carbons (Fsp3) is 0.233. The lowest BCUT2D eigenvalue weighted by atomic mass is 10.0. The molecule has 1 amide bonds. The monoisotopic (exact) mass is 499 g/mol. The molecule has 0 saturated carbocycles. The van der Waals surface area contributed by atoms with Crippen LogP contribution in [0.2, 0.25) is 5.02 Å². The second-order valence-corrected chi connectivity index (χ2v) is 8.94. The summed E-state index contributed by atoms with van der Waals surface area (Å²) >= 11 is 6.47. The zero-order valence-corrected chi connectivity index (χ0v) is 21.4. The SMILES string of the molecule is CCCC/C(=N\NC(=O)c1cc(-c2ccccc2)nc2c(Cl)cccc12)c1ccc(OCCC)cc1. The number of nitrogens with zero attached hydrogens (tertiary/aromatic N) is 2. The third-order valence-corrected chi connectivity index (χ3v) is 6.13. The van der Waals surface area contributed by atoms with E-state index < -0.39 is 0 Å². The number of aromatic nitrogens is 1. The molecular weight excluding hydrogens is 470 g/mol. The normalized spacial score (nSPS) is 11.5. The Morgan fingerprint density at radius 3 is 2.47 bits per heavy atom. The Labute approximate surface area is 217 Å². The van der Waals surface area contributed by atoms with Crippen LogP contribution < -0.4 is 10.2 Å². The van der Waals surface area contributed by atoms with Gasteiger partial charge in [0.1, 0.15) is 5.75 Å². The van der Waals surface area contributed by atoms with Crippen molar-refractivity contribution < 1.29 is 9.53 Å². The Balaban J connectivity index is 1.67. The summed E-state index contributed by atoms with van der Waals surface area (Å²) in [5.41, 5.74) is 7.23. The van der Waals surface area contributed by atoms with Gasteiger partial charge in [-0.3, -0.25) is 4.79 Å². The van der Waals surface area contributed by atoms with Crippen LogP contribution >= 0.6 is 11.6 Å². The topological polar surface area (TPSA) is 63.6 Å². The van der Waals surface area contributed by atoms with Crippen molar-refractivity contribution in [2.45, 2.75) is 39.5 Å². The fourth-order valence-electron chi connectivity index (χ4n) is 3.91. The summed E-state index contributed by atoms with van der Waals surface area (Å²) in [7, 11) is 0. The zero-order valence-electron chi connectivity index (χ0n) is 20.6. The number of pyridine rings is 1. The molecule has 1 N–H and O–H groups in total. The van der Waals surface area contributed by atoms with E-state index in [0.717, 1.165) is 48.3 Å². The lowest BCUT2D eigenvalue weighted by molar-refractivity contribution is 0.0956. The van der Waals surface area contributed by atoms with E-state index >= 15 is 0 Å². The van der Waals surface area contributed by atoms with Gasteiger partial charge in [-0.15, -0.1) is 0 Å². The molecule has 1 aromatic heterocycles. The smallest absolute Gasteiger partial charge is 0.272 e. The maximum atomic E-state index is 13.4. The van der Waals surface area contributed by atoms with Crippen LogP contribution in [0.15, 0.2) is 84.0 Å². The van der Waals surface area contributed by atoms with E-state index in [1.165, 1.54) is 0 Å². The van der Waals surface area contributed by atoms with Gasteiger partial charge in [0.25, 0.3) is 5.91 Å². The molecule has 0 bridgehead atoms. The third kappa shape index (κ3) is 6.10. The van der Waals surface area contributed by atoms with Gasteiger partial charge < -0.3 is 4.74 Å². The van der Waals surface area contributed by atoms with Crippen molar-refractivity contribution in [3.05, 3.63) is 95.0 Å². The van der Waals surface area contributed by atoms with E-state index in [1.807, 2.05) is 66.7 Å². The molecule has 0 unspecified atom stereocenters. The first-order valence-electron chi connectivity index (χ1n) is 12.4. The molecule has 3 aromatic carbocycles. The van der Waals surface area contributed by atoms with E-state index in [4.69, 9.17) is 21.3 Å². The number of amides is 1. The van der Waals surface area contributed by atoms with Crippen LogP contribution in [-0.2, 0) is 0 Å². The van der Waals surface area contributed by atoms with Gasteiger partial charge in [0.2, 0.25) is 0 Å². The number of para-hydroxylation sites is 1. The van der Waals surface area contributed by atoms with Crippen molar-refractivity contribution in [3.63, 3.8) is 0 Å². The number of rotatable bonds is 10. The lowest BCUT2D eigenvalue weighted by Gasteiger charge is -2.12. The summed E-state index contributed by atoms with van der Waals surface area (Å²) in [4.78, 5) is 18.2. The summed E-state index contributed by atoms with van der Waals surface area (Å²) in [5.74, 6) is 0.520. The van der Waals surface area contributed by atoms with Crippen molar-refractivity contribution >= 4 is 34.1 Å². The standard InChI is InChI=1S/C30H30ClN3O2/c1-3-5-14-27(22-15-17-23(18-16-22)36-19-4-2)33-34-30(35)25-20-28(21-10-7-6-8-11-21)32-29-24(25)12-9-13-26(29)31/h6-13,15-18,20H,3-5,14,19H2,1-2H3,(H,34,35)/b33-27+. The molecule has 6 heteroatoms. The first-order valence-corrected chi connectivity index (χ1v) is 12.7. The van der Waals surface area contributed by atoms with E-state index in [-0.39, 0.29) is 5.91 Å². The minimum atomic E-state index is -0.307. The molecular formula is C30H30ClN3O2. The second kappa shape index (κ2) is 12.3. The molecule has 4 aromatic rings. The highest BCUT2D eigenvalue weighted by molar-refractivity contribution is 6.35. The van der Waals surface area contributed by atoms with Crippen LogP contribution in [0, 0.1) is 0 Å². The first-order chi connectivity index (χ1) is 17.6. The molecule has 1 heterocycles. The second-order valence-electron chi connectivity index (χ2n) is 8.53. The van der Waals surface area contributed by atoms with Gasteiger partial charge >= 0.3 is 0 Å². The van der Waals surface area contributed by atoms with Crippen molar-refractivity contribution in [2.75, 3.05) is 6.61 Å². The Bertz CT molecular complexity index is 1350. The Kier molecular flexibility index (Phi) is 8.69. The average molecular weight is 500 g/mol. The average Bonchev–Trinajstić information content (AvgIpc) is 2.92. The van der Waals surface area contributed by atoms with E-state index in [9.17, 15) is 4.79 Å². The Morgan fingerprint density at radius 1 is 0.972 bits per heavy atom. The van der Waals surface area contributed by atoms with Gasteiger partial charge in [-0.05, 0) is 61.2 Å². The van der Waals surface area contributed by atoms with E-state index in [2.05, 4.69) is 24.4 Å². The maximum absolute atomic E-state index is 13.4. The summed E-state index contributed by atoms with van der Waals surface area (Å²) in [5, 5.41) is 5.73. The van der Waals surface area contributed by atoms with Gasteiger partial charge in [0, 0.05) is 10.9 Å². The number of hydrazone groups is 1. The number of halogens is 1. The minimum Gasteiger partial charge on any atom is -0.494 e. The molecule has 4 rings (SSSR count). The molecule has 0 aliphatic heterocycles. The highest BCUT2D eigenvalue weighted by Gasteiger charge is 2.16. The molecule has 0 spiro atoms. The van der Waals surface area contributed by atoms with Crippen LogP contribution in [0.25, 0.3) is 22.2 Å². The molecule has 0 atom stereocenters. The number of nitrogens with one attached hydrogen (secondary N) is 1. The Morgan fingerprint density at radius 2 is 1.75 bits per heavy atom. The quantitative estimate of drug-likeness (QED) is 0.180. The number of fused-ring (bicyclic) bond motifs is 1. The molecule has 5 nitrogen and oxygen atoms in total. The number of benzene rings is 3. The molecule has 184 valence electrons. The number of carbonyl (C=O) groups excluding carboxylic acids is 1. The number of carbonyl (C=O) groups is 1. The number of hydrogen-bond donors (Lipinski definition) is 1. The molecule has 0 fully saturated rings. The van der Waals surface area contributed by atoms with Crippen LogP contribution in [-0.4, -0.2) is 23.2 Å². The summed E-state index contributed by atoms with van der Waals surface area (Å²) in [6, 6.07) is 24.9. The molecule has 0 radical (unpaired) electrons. The number of hydrogen-bond acceptors (Lipinski definition) is 4. The number of unbranched alkanes of at least 4 members (excludes halogenated alkanes) is 1. The van der Waals surface area contributed by atoms with E-state index in [1.54, 1.807) is 12.1 Å². The van der Waals surface area contributed by atoms with Gasteiger partial charge in [0.05, 0.1) is 34.1 Å². The molecule has 0 aliphatic rings. The summed E-state index contributed by atoms with van der Waals surface area (Å²) < 4.78 is 5.70. The largest absolute Gasteiger partial charge is 0.494 e. The van der Waals surface area contributed by atoms with Crippen LogP contribution in [0.1, 0.15) is 55.5 Å². The molecule has 0 aliphatic carbocycles. The van der Waals surface area contributed by atoms with Crippen molar-refractivity contribution in [2.24, 2.45) is 5.10 Å². The van der Waals surface area contributed by atoms with Crippen LogP contribution in [0.3, 0.4) is 0 Å². The maximum Gasteiger partial charge on any atom is 0.272 e. The van der Waals surface area contributed by atoms with Gasteiger partial charge in [-0.25, -0.2) is 10.4 Å². The first kappa shape index (κ1) is 25.4. The highest BCUT2D eigenvalue weighted by Crippen LogP contribution is 2.29. The van der Waals surface area contributed by atoms with Crippen molar-refractivity contribution in [3.8, 4) is 17.0 Å². The van der Waals surface area contributed by atoms with Crippen LogP contribution in [0.4, 0.5) is 0 Å².